The number of fused-ring (bicyclic) bond motifs is 1. The third-order valence-electron chi connectivity index (χ3n) is 3.11. The van der Waals surface area contributed by atoms with Gasteiger partial charge in [0.1, 0.15) is 5.54 Å². The number of rotatable bonds is 1. The molecule has 0 saturated carbocycles. The molecule has 5 heteroatoms. The third kappa shape index (κ3) is 2.81. The van der Waals surface area contributed by atoms with Gasteiger partial charge in [0, 0.05) is 10.9 Å². The molecule has 17 heavy (non-hydrogen) atoms. The summed E-state index contributed by atoms with van der Waals surface area (Å²) < 4.78 is 5.82. The SMILES string of the molecule is COC(=O)C1(N)CCc2cc(Br)ccc2C1.Cl. The first-order valence-corrected chi connectivity index (χ1v) is 5.99. The Labute approximate surface area is 115 Å². The van der Waals surface area contributed by atoms with Crippen LogP contribution in [-0.4, -0.2) is 18.6 Å². The molecule has 1 aromatic carbocycles. The van der Waals surface area contributed by atoms with Crippen molar-refractivity contribution in [3.05, 3.63) is 33.8 Å². The number of ether oxygens (including phenoxy) is 1. The van der Waals surface area contributed by atoms with E-state index >= 15 is 0 Å². The smallest absolute Gasteiger partial charge is 0.326 e. The van der Waals surface area contributed by atoms with Crippen molar-refractivity contribution in [2.75, 3.05) is 7.11 Å². The highest BCUT2D eigenvalue weighted by Gasteiger charge is 2.38. The fourth-order valence-electron chi connectivity index (χ4n) is 2.16. The summed E-state index contributed by atoms with van der Waals surface area (Å²) in [5.74, 6) is -0.318. The van der Waals surface area contributed by atoms with E-state index in [9.17, 15) is 4.79 Å². The molecule has 1 atom stereocenters. The maximum Gasteiger partial charge on any atom is 0.326 e. The highest BCUT2D eigenvalue weighted by atomic mass is 79.9. The van der Waals surface area contributed by atoms with Crippen LogP contribution >= 0.6 is 28.3 Å². The van der Waals surface area contributed by atoms with Crippen LogP contribution in [0.4, 0.5) is 0 Å². The Kier molecular flexibility index (Phi) is 4.58. The van der Waals surface area contributed by atoms with Gasteiger partial charge in [-0.15, -0.1) is 12.4 Å². The van der Waals surface area contributed by atoms with Crippen molar-refractivity contribution in [2.45, 2.75) is 24.8 Å². The average Bonchev–Trinajstić information content (AvgIpc) is 2.28. The van der Waals surface area contributed by atoms with Crippen molar-refractivity contribution in [1.29, 1.82) is 0 Å². The molecule has 94 valence electrons. The summed E-state index contributed by atoms with van der Waals surface area (Å²) in [5, 5.41) is 0. The van der Waals surface area contributed by atoms with E-state index in [1.165, 1.54) is 12.7 Å². The molecule has 0 fully saturated rings. The number of esters is 1. The van der Waals surface area contributed by atoms with Gasteiger partial charge in [-0.2, -0.15) is 0 Å². The quantitative estimate of drug-likeness (QED) is 0.807. The number of halogens is 2. The Balaban J connectivity index is 0.00000144. The lowest BCUT2D eigenvalue weighted by atomic mass is 9.79. The lowest BCUT2D eigenvalue weighted by Crippen LogP contribution is -2.52. The molecule has 0 radical (unpaired) electrons. The second kappa shape index (κ2) is 5.38. The predicted octanol–water partition coefficient (Wildman–Crippen LogP) is 2.23. The van der Waals surface area contributed by atoms with Crippen LogP contribution in [-0.2, 0) is 22.4 Å². The minimum absolute atomic E-state index is 0. The molecule has 0 bridgehead atoms. The van der Waals surface area contributed by atoms with Crippen molar-refractivity contribution in [1.82, 2.24) is 0 Å². The van der Waals surface area contributed by atoms with Crippen LogP contribution in [0.3, 0.4) is 0 Å². The second-order valence-electron chi connectivity index (χ2n) is 4.24. The van der Waals surface area contributed by atoms with Gasteiger partial charge in [0.25, 0.3) is 0 Å². The summed E-state index contributed by atoms with van der Waals surface area (Å²) in [6.45, 7) is 0. The van der Waals surface area contributed by atoms with Gasteiger partial charge in [0.15, 0.2) is 0 Å². The van der Waals surface area contributed by atoms with Gasteiger partial charge >= 0.3 is 5.97 Å². The molecule has 0 saturated heterocycles. The third-order valence-corrected chi connectivity index (χ3v) is 3.60. The monoisotopic (exact) mass is 319 g/mol. The molecular weight excluding hydrogens is 305 g/mol. The molecule has 0 spiro atoms. The maximum absolute atomic E-state index is 11.6. The Morgan fingerprint density at radius 3 is 2.82 bits per heavy atom. The standard InChI is InChI=1S/C12H14BrNO2.ClH/c1-16-11(15)12(14)5-4-8-6-10(13)3-2-9(8)7-12;/h2-3,6H,4-5,7,14H2,1H3;1H. The predicted molar refractivity (Wildman–Crippen MR) is 72.3 cm³/mol. The lowest BCUT2D eigenvalue weighted by Gasteiger charge is -2.32. The topological polar surface area (TPSA) is 52.3 Å². The molecule has 3 nitrogen and oxygen atoms in total. The minimum atomic E-state index is -0.852. The highest BCUT2D eigenvalue weighted by molar-refractivity contribution is 9.10. The molecule has 1 aromatic rings. The van der Waals surface area contributed by atoms with Gasteiger partial charge in [-0.1, -0.05) is 22.0 Å². The molecule has 1 unspecified atom stereocenters. The first-order chi connectivity index (χ1) is 7.55. The Hall–Kier alpha value is -0.580. The van der Waals surface area contributed by atoms with Crippen molar-refractivity contribution in [3.8, 4) is 0 Å². The summed E-state index contributed by atoms with van der Waals surface area (Å²) in [7, 11) is 1.38. The largest absolute Gasteiger partial charge is 0.468 e. The van der Waals surface area contributed by atoms with Crippen LogP contribution in [0.2, 0.25) is 0 Å². The summed E-state index contributed by atoms with van der Waals surface area (Å²) in [5.41, 5.74) is 7.63. The zero-order chi connectivity index (χ0) is 11.8. The van der Waals surface area contributed by atoms with Crippen molar-refractivity contribution in [3.63, 3.8) is 0 Å². The fraction of sp³-hybridized carbons (Fsp3) is 0.417. The molecule has 2 rings (SSSR count). The molecule has 1 aliphatic rings. The minimum Gasteiger partial charge on any atom is -0.468 e. The summed E-state index contributed by atoms with van der Waals surface area (Å²) in [6, 6.07) is 6.08. The molecule has 2 N–H and O–H groups in total. The van der Waals surface area contributed by atoms with Crippen LogP contribution in [0.15, 0.2) is 22.7 Å². The van der Waals surface area contributed by atoms with Gasteiger partial charge in [-0.05, 0) is 36.1 Å². The van der Waals surface area contributed by atoms with E-state index in [0.717, 1.165) is 16.5 Å². The molecular formula is C12H15BrClNO2. The lowest BCUT2D eigenvalue weighted by molar-refractivity contribution is -0.147. The van der Waals surface area contributed by atoms with Crippen LogP contribution in [0, 0.1) is 0 Å². The first kappa shape index (κ1) is 14.5. The van der Waals surface area contributed by atoms with Crippen LogP contribution in [0.1, 0.15) is 17.5 Å². The molecule has 0 heterocycles. The summed E-state index contributed by atoms with van der Waals surface area (Å²) >= 11 is 3.44. The average molecular weight is 321 g/mol. The van der Waals surface area contributed by atoms with E-state index in [1.54, 1.807) is 0 Å². The number of hydrogen-bond acceptors (Lipinski definition) is 3. The number of hydrogen-bond donors (Lipinski definition) is 1. The van der Waals surface area contributed by atoms with E-state index in [2.05, 4.69) is 22.0 Å². The Bertz CT molecular complexity index is 439. The number of benzene rings is 1. The number of aryl methyl sites for hydroxylation is 1. The molecule has 0 amide bonds. The number of methoxy groups -OCH3 is 1. The fourth-order valence-corrected chi connectivity index (χ4v) is 2.57. The first-order valence-electron chi connectivity index (χ1n) is 5.20. The van der Waals surface area contributed by atoms with Crippen LogP contribution in [0.5, 0.6) is 0 Å². The van der Waals surface area contributed by atoms with E-state index in [1.807, 2.05) is 12.1 Å². The molecule has 1 aliphatic carbocycles. The van der Waals surface area contributed by atoms with Gasteiger partial charge in [0.2, 0.25) is 0 Å². The van der Waals surface area contributed by atoms with E-state index in [0.29, 0.717) is 12.8 Å². The van der Waals surface area contributed by atoms with Gasteiger partial charge in [-0.25, -0.2) is 0 Å². The van der Waals surface area contributed by atoms with Crippen molar-refractivity contribution < 1.29 is 9.53 Å². The van der Waals surface area contributed by atoms with Crippen molar-refractivity contribution in [2.24, 2.45) is 5.73 Å². The van der Waals surface area contributed by atoms with Gasteiger partial charge < -0.3 is 10.5 Å². The number of carbonyl (C=O) groups is 1. The normalized spacial score (nSPS) is 22.3. The zero-order valence-corrected chi connectivity index (χ0v) is 11.9. The Morgan fingerprint density at radius 1 is 1.47 bits per heavy atom. The summed E-state index contributed by atoms with van der Waals surface area (Å²) in [6.07, 6.45) is 2.02. The van der Waals surface area contributed by atoms with Gasteiger partial charge in [-0.3, -0.25) is 4.79 Å². The Morgan fingerprint density at radius 2 is 2.18 bits per heavy atom. The van der Waals surface area contributed by atoms with E-state index < -0.39 is 5.54 Å². The van der Waals surface area contributed by atoms with Crippen molar-refractivity contribution >= 4 is 34.3 Å². The molecule has 0 aliphatic heterocycles. The van der Waals surface area contributed by atoms with Crippen LogP contribution in [0.25, 0.3) is 0 Å². The number of nitrogens with two attached hydrogens (primary N) is 1. The highest BCUT2D eigenvalue weighted by Crippen LogP contribution is 2.29. The van der Waals surface area contributed by atoms with Gasteiger partial charge in [0.05, 0.1) is 7.11 Å². The second-order valence-corrected chi connectivity index (χ2v) is 5.15. The maximum atomic E-state index is 11.6. The summed E-state index contributed by atoms with van der Waals surface area (Å²) in [4.78, 5) is 11.6. The van der Waals surface area contributed by atoms with Crippen LogP contribution < -0.4 is 5.73 Å². The number of carbonyl (C=O) groups excluding carboxylic acids is 1. The molecule has 0 aromatic heterocycles. The van der Waals surface area contributed by atoms with E-state index in [4.69, 9.17) is 10.5 Å². The van der Waals surface area contributed by atoms with E-state index in [-0.39, 0.29) is 18.4 Å². The zero-order valence-electron chi connectivity index (χ0n) is 9.53.